The number of carbonyl (C=O) groups is 8. The number of rotatable bonds is 43. The van der Waals surface area contributed by atoms with Crippen molar-refractivity contribution >= 4 is 47.3 Å². The second-order valence-corrected chi connectivity index (χ2v) is 23.8. The van der Waals surface area contributed by atoms with Gasteiger partial charge in [0.15, 0.2) is 18.9 Å². The maximum absolute atomic E-state index is 13.8. The van der Waals surface area contributed by atoms with Gasteiger partial charge in [-0.05, 0) is 75.5 Å². The molecule has 0 spiro atoms. The normalized spacial score (nSPS) is 27.0. The minimum absolute atomic E-state index is 0.00593. The Morgan fingerprint density at radius 1 is 0.457 bits per heavy atom. The van der Waals surface area contributed by atoms with Crippen LogP contribution < -0.4 is 48.3 Å². The number of aliphatic hydroxyl groups is 9. The molecule has 18 atom stereocenters. The molecule has 33 nitrogen and oxygen atoms in total. The number of unbranched alkanes of at least 4 members (excludes halogenated alkanes) is 9. The molecular formula is C61H103N9O24. The molecule has 0 aromatic heterocycles. The summed E-state index contributed by atoms with van der Waals surface area (Å²) in [5.74, 6) is -4.47. The smallest absolute Gasteiger partial charge is 0.242 e. The van der Waals surface area contributed by atoms with Gasteiger partial charge in [0.1, 0.15) is 90.9 Å². The Morgan fingerprint density at radius 3 is 1.16 bits per heavy atom. The molecule has 0 bridgehead atoms. The van der Waals surface area contributed by atoms with Crippen LogP contribution in [0.15, 0.2) is 24.3 Å². The van der Waals surface area contributed by atoms with Crippen molar-refractivity contribution < 1.29 is 118 Å². The van der Waals surface area contributed by atoms with E-state index in [0.717, 1.165) is 0 Å². The van der Waals surface area contributed by atoms with Gasteiger partial charge < -0.3 is 128 Å². The standard InChI is InChI=1S/C61H103N9O24/c1-34(74)66-47-53(83)50(80)42(31-71)92-59(47)89-27-13-7-4-10-24-63-45(78)22-20-40(57(87)64-25-11-5-8-14-28-90-60-48(67-35(2)75)54(84)51(81)43(32-72)93-60)69-46(79)23-21-41(70-56(86)39(62)30-37-16-18-38(77)19-17-37)58(88)65-26-12-6-9-15-29-91-61-49(68-36(3)76)55(85)52(82)44(33-73)94-61/h16-19,39-44,47-55,59-61,71-73,77,80-85H,4-15,20-33,62H2,1-3H3,(H,63,78)(H,64,87)(H,65,88)(H,66,74)(H,67,75)(H,68,76)(H,69,79)(H,70,86)/t39-,40-,41-,42+,43+,44+,47+,48+,49+,50-,51-,52-,53+,54+,55+,59+,60+,61+/m0/s1. The van der Waals surface area contributed by atoms with Crippen LogP contribution >= 0.6 is 0 Å². The number of aromatic hydroxyl groups is 1. The summed E-state index contributed by atoms with van der Waals surface area (Å²) in [7, 11) is 0. The van der Waals surface area contributed by atoms with E-state index in [1.807, 2.05) is 0 Å². The van der Waals surface area contributed by atoms with Gasteiger partial charge in [0.2, 0.25) is 47.3 Å². The Bertz CT molecular complexity index is 2460. The van der Waals surface area contributed by atoms with E-state index in [-0.39, 0.29) is 77.3 Å². The number of amides is 8. The molecule has 0 radical (unpaired) electrons. The molecule has 0 saturated carbocycles. The zero-order valence-electron chi connectivity index (χ0n) is 53.9. The van der Waals surface area contributed by atoms with Crippen LogP contribution in [0, 0.1) is 0 Å². The number of phenols is 1. The first-order valence-corrected chi connectivity index (χ1v) is 32.4. The lowest BCUT2D eigenvalue weighted by Gasteiger charge is -2.42. The molecule has 94 heavy (non-hydrogen) atoms. The largest absolute Gasteiger partial charge is 0.508 e. The Morgan fingerprint density at radius 2 is 0.798 bits per heavy atom. The summed E-state index contributed by atoms with van der Waals surface area (Å²) in [5, 5.41) is 122. The summed E-state index contributed by atoms with van der Waals surface area (Å²) < 4.78 is 34.1. The van der Waals surface area contributed by atoms with E-state index in [1.165, 1.54) is 32.9 Å². The van der Waals surface area contributed by atoms with Crippen LogP contribution in [0.3, 0.4) is 0 Å². The predicted octanol–water partition coefficient (Wildman–Crippen LogP) is -5.30. The predicted molar refractivity (Wildman–Crippen MR) is 331 cm³/mol. The second kappa shape index (κ2) is 43.3. The lowest BCUT2D eigenvalue weighted by atomic mass is 9.97. The summed E-state index contributed by atoms with van der Waals surface area (Å²) in [6.07, 6.45) is -9.75. The zero-order chi connectivity index (χ0) is 69.3. The number of nitrogens with two attached hydrogens (primary N) is 1. The fourth-order valence-corrected chi connectivity index (χ4v) is 10.8. The molecule has 536 valence electrons. The van der Waals surface area contributed by atoms with Gasteiger partial charge in [-0.15, -0.1) is 0 Å². The van der Waals surface area contributed by atoms with Gasteiger partial charge in [-0.25, -0.2) is 0 Å². The third-order valence-electron chi connectivity index (χ3n) is 16.1. The maximum Gasteiger partial charge on any atom is 0.242 e. The van der Waals surface area contributed by atoms with Crippen LogP contribution in [0.4, 0.5) is 0 Å². The number of ether oxygens (including phenoxy) is 6. The van der Waals surface area contributed by atoms with Crippen molar-refractivity contribution in [2.45, 2.75) is 240 Å². The number of hydrogen-bond acceptors (Lipinski definition) is 25. The summed E-state index contributed by atoms with van der Waals surface area (Å²) in [6, 6.07) is -0.869. The van der Waals surface area contributed by atoms with Crippen molar-refractivity contribution in [3.8, 4) is 5.75 Å². The number of nitrogens with one attached hydrogen (secondary N) is 8. The van der Waals surface area contributed by atoms with Crippen molar-refractivity contribution in [2.75, 3.05) is 59.3 Å². The molecule has 3 aliphatic heterocycles. The average molecular weight is 1350 g/mol. The van der Waals surface area contributed by atoms with Gasteiger partial charge >= 0.3 is 0 Å². The molecule has 3 heterocycles. The first-order valence-electron chi connectivity index (χ1n) is 32.4. The van der Waals surface area contributed by atoms with E-state index in [4.69, 9.17) is 34.2 Å². The highest BCUT2D eigenvalue weighted by Crippen LogP contribution is 2.26. The fourth-order valence-electron chi connectivity index (χ4n) is 10.8. The molecular weight excluding hydrogens is 1240 g/mol. The molecule has 8 amide bonds. The van der Waals surface area contributed by atoms with E-state index in [9.17, 15) is 89.4 Å². The minimum atomic E-state index is -1.47. The van der Waals surface area contributed by atoms with Gasteiger partial charge in [0.25, 0.3) is 0 Å². The van der Waals surface area contributed by atoms with Crippen LogP contribution in [0.2, 0.25) is 0 Å². The van der Waals surface area contributed by atoms with Gasteiger partial charge in [-0.3, -0.25) is 38.4 Å². The Kier molecular flexibility index (Phi) is 37.2. The average Bonchev–Trinajstić information content (AvgIpc) is 0.829. The van der Waals surface area contributed by atoms with E-state index < -0.39 is 177 Å². The molecule has 0 aliphatic carbocycles. The second-order valence-electron chi connectivity index (χ2n) is 23.8. The van der Waals surface area contributed by atoms with E-state index in [0.29, 0.717) is 82.6 Å². The first-order chi connectivity index (χ1) is 44.9. The quantitative estimate of drug-likeness (QED) is 0.0272. The lowest BCUT2D eigenvalue weighted by Crippen LogP contribution is -2.64. The zero-order valence-corrected chi connectivity index (χ0v) is 53.9. The number of benzene rings is 1. The highest BCUT2D eigenvalue weighted by Gasteiger charge is 2.48. The highest BCUT2D eigenvalue weighted by atomic mass is 16.7. The molecule has 3 aliphatic rings. The summed E-state index contributed by atoms with van der Waals surface area (Å²) in [5.41, 5.74) is 6.90. The summed E-state index contributed by atoms with van der Waals surface area (Å²) >= 11 is 0. The van der Waals surface area contributed by atoms with Gasteiger partial charge in [0.05, 0.1) is 25.9 Å². The Hall–Kier alpha value is -5.86. The van der Waals surface area contributed by atoms with Crippen molar-refractivity contribution in [1.29, 1.82) is 0 Å². The minimum Gasteiger partial charge on any atom is -0.508 e. The molecule has 20 N–H and O–H groups in total. The molecule has 0 unspecified atom stereocenters. The number of hydrogen-bond donors (Lipinski definition) is 19. The van der Waals surface area contributed by atoms with Gasteiger partial charge in [-0.1, -0.05) is 50.7 Å². The Balaban J connectivity index is 1.32. The van der Waals surface area contributed by atoms with Gasteiger partial charge in [0, 0.05) is 73.1 Å². The third kappa shape index (κ3) is 28.1. The number of carbonyl (C=O) groups excluding carboxylic acids is 8. The first kappa shape index (κ1) is 80.6. The van der Waals surface area contributed by atoms with Crippen molar-refractivity contribution in [2.24, 2.45) is 5.73 Å². The molecule has 1 aromatic carbocycles. The van der Waals surface area contributed by atoms with Crippen LogP contribution in [0.25, 0.3) is 0 Å². The SMILES string of the molecule is CC(=O)N[C@H]1[C@H](OCCCCCCNC(=O)CC[C@H](NC(=O)CC[C@H](NC(=O)[C@@H](N)Cc2ccc(O)cc2)C(=O)NCCCCCCO[C@@H]2O[C@H](CO)[C@H](O)[C@H](O)[C@H]2NC(C)=O)C(=O)NCCCCCCO[C@@H]2O[C@H](CO)[C@H](O)[C@H](O)[C@H]2NC(C)=O)O[C@H](CO)[C@H](O)[C@@H]1O. The summed E-state index contributed by atoms with van der Waals surface area (Å²) in [4.78, 5) is 103. The number of aliphatic hydroxyl groups excluding tert-OH is 9. The maximum atomic E-state index is 13.8. The topological polar surface area (TPSA) is 516 Å². The van der Waals surface area contributed by atoms with E-state index in [1.54, 1.807) is 12.1 Å². The molecule has 1 aromatic rings. The summed E-state index contributed by atoms with van der Waals surface area (Å²) in [6.45, 7) is 2.92. The molecule has 4 rings (SSSR count). The van der Waals surface area contributed by atoms with E-state index in [2.05, 4.69) is 42.5 Å². The highest BCUT2D eigenvalue weighted by molar-refractivity contribution is 5.91. The van der Waals surface area contributed by atoms with Crippen LogP contribution in [0.1, 0.15) is 129 Å². The Labute approximate surface area is 546 Å². The monoisotopic (exact) mass is 1350 g/mol. The van der Waals surface area contributed by atoms with Crippen molar-refractivity contribution in [3.05, 3.63) is 29.8 Å². The molecule has 3 saturated heterocycles. The molecule has 3 fully saturated rings. The van der Waals surface area contributed by atoms with Crippen LogP contribution in [-0.2, 0) is 73.2 Å². The fraction of sp³-hybridized carbons (Fsp3) is 0.770. The van der Waals surface area contributed by atoms with Crippen LogP contribution in [-0.4, -0.2) is 268 Å². The van der Waals surface area contributed by atoms with Crippen molar-refractivity contribution in [3.63, 3.8) is 0 Å². The van der Waals surface area contributed by atoms with E-state index >= 15 is 0 Å². The van der Waals surface area contributed by atoms with Crippen molar-refractivity contribution in [1.82, 2.24) is 42.5 Å². The third-order valence-corrected chi connectivity index (χ3v) is 16.1. The van der Waals surface area contributed by atoms with Gasteiger partial charge in [-0.2, -0.15) is 0 Å². The molecule has 33 heteroatoms. The number of phenolic OH excluding ortho intramolecular Hbond substituents is 1. The lowest BCUT2D eigenvalue weighted by molar-refractivity contribution is -0.270. The van der Waals surface area contributed by atoms with Crippen LogP contribution in [0.5, 0.6) is 5.75 Å².